The predicted molar refractivity (Wildman–Crippen MR) is 87.4 cm³/mol. The van der Waals surface area contributed by atoms with Gasteiger partial charge in [0.1, 0.15) is 0 Å². The van der Waals surface area contributed by atoms with E-state index in [2.05, 4.69) is 32.5 Å². The molecule has 0 spiro atoms. The van der Waals surface area contributed by atoms with Gasteiger partial charge in [-0.2, -0.15) is 0 Å². The maximum absolute atomic E-state index is 11.2. The van der Waals surface area contributed by atoms with Crippen molar-refractivity contribution in [1.29, 1.82) is 0 Å². The molecule has 3 heterocycles. The summed E-state index contributed by atoms with van der Waals surface area (Å²) in [6.07, 6.45) is 12.0. The van der Waals surface area contributed by atoms with Crippen LogP contribution in [0.3, 0.4) is 0 Å². The monoisotopic (exact) mass is 318 g/mol. The molecule has 22 heavy (non-hydrogen) atoms. The predicted octanol–water partition coefficient (Wildman–Crippen LogP) is 2.81. The second-order valence-electron chi connectivity index (χ2n) is 5.70. The first-order valence-corrected chi connectivity index (χ1v) is 8.71. The Kier molecular flexibility index (Phi) is 5.24. The number of carbonyl (C=O) groups excluding carboxylic acids is 1. The largest absolute Gasteiger partial charge is 0.337 e. The van der Waals surface area contributed by atoms with Crippen LogP contribution in [-0.4, -0.2) is 15.5 Å². The molecular weight excluding hydrogens is 296 g/mol. The van der Waals surface area contributed by atoms with Gasteiger partial charge >= 0.3 is 0 Å². The fraction of sp³-hybridized carbons (Fsp3) is 0.500. The summed E-state index contributed by atoms with van der Waals surface area (Å²) in [4.78, 5) is 18.0. The minimum Gasteiger partial charge on any atom is -0.337 e. The van der Waals surface area contributed by atoms with Crippen LogP contribution in [0, 0.1) is 0 Å². The van der Waals surface area contributed by atoms with Crippen LogP contribution in [0.1, 0.15) is 47.9 Å². The SMILES string of the molecule is O=C1CCC(c2ccc(CCCCCn3ccnc3)s2)NN1. The van der Waals surface area contributed by atoms with E-state index >= 15 is 0 Å². The van der Waals surface area contributed by atoms with Crippen molar-refractivity contribution in [2.45, 2.75) is 51.1 Å². The highest BCUT2D eigenvalue weighted by atomic mass is 32.1. The third-order valence-corrected chi connectivity index (χ3v) is 5.23. The van der Waals surface area contributed by atoms with E-state index in [0.717, 1.165) is 19.4 Å². The van der Waals surface area contributed by atoms with E-state index in [1.807, 2.05) is 30.1 Å². The third-order valence-electron chi connectivity index (χ3n) is 3.97. The fourth-order valence-corrected chi connectivity index (χ4v) is 3.84. The molecule has 1 amide bonds. The molecule has 2 N–H and O–H groups in total. The smallest absolute Gasteiger partial charge is 0.234 e. The van der Waals surface area contributed by atoms with Gasteiger partial charge in [-0.05, 0) is 37.8 Å². The molecule has 1 fully saturated rings. The average molecular weight is 318 g/mol. The normalized spacial score (nSPS) is 18.4. The Morgan fingerprint density at radius 2 is 2.27 bits per heavy atom. The van der Waals surface area contributed by atoms with Gasteiger partial charge in [0.15, 0.2) is 0 Å². The average Bonchev–Trinajstić information content (AvgIpc) is 3.19. The number of hydrogen-bond donors (Lipinski definition) is 2. The van der Waals surface area contributed by atoms with Gasteiger partial charge in [0.25, 0.3) is 0 Å². The summed E-state index contributed by atoms with van der Waals surface area (Å²) in [7, 11) is 0. The van der Waals surface area contributed by atoms with Gasteiger partial charge in [0.05, 0.1) is 12.4 Å². The van der Waals surface area contributed by atoms with Gasteiger partial charge in [0.2, 0.25) is 5.91 Å². The molecule has 1 unspecified atom stereocenters. The lowest BCUT2D eigenvalue weighted by Gasteiger charge is -2.22. The molecule has 6 heteroatoms. The second kappa shape index (κ2) is 7.56. The number of unbranched alkanes of at least 4 members (excludes halogenated alkanes) is 2. The first kappa shape index (κ1) is 15.2. The van der Waals surface area contributed by atoms with E-state index in [9.17, 15) is 4.79 Å². The van der Waals surface area contributed by atoms with Crippen LogP contribution < -0.4 is 10.9 Å². The first-order chi connectivity index (χ1) is 10.8. The molecule has 3 rings (SSSR count). The van der Waals surface area contributed by atoms with E-state index in [-0.39, 0.29) is 11.9 Å². The van der Waals surface area contributed by atoms with Crippen molar-refractivity contribution < 1.29 is 4.79 Å². The van der Waals surface area contributed by atoms with E-state index < -0.39 is 0 Å². The van der Waals surface area contributed by atoms with Crippen molar-refractivity contribution in [3.63, 3.8) is 0 Å². The van der Waals surface area contributed by atoms with Crippen molar-refractivity contribution in [2.75, 3.05) is 0 Å². The van der Waals surface area contributed by atoms with Gasteiger partial charge in [-0.15, -0.1) is 11.3 Å². The van der Waals surface area contributed by atoms with E-state index in [1.54, 1.807) is 0 Å². The van der Waals surface area contributed by atoms with Crippen LogP contribution >= 0.6 is 11.3 Å². The molecule has 0 radical (unpaired) electrons. The Hall–Kier alpha value is -1.66. The van der Waals surface area contributed by atoms with Crippen molar-refractivity contribution in [3.8, 4) is 0 Å². The number of amides is 1. The number of imidazole rings is 1. The molecule has 1 aliphatic heterocycles. The molecule has 0 bridgehead atoms. The van der Waals surface area contributed by atoms with Crippen LogP contribution in [0.25, 0.3) is 0 Å². The summed E-state index contributed by atoms with van der Waals surface area (Å²) in [5, 5.41) is 0. The Morgan fingerprint density at radius 3 is 3.05 bits per heavy atom. The highest BCUT2D eigenvalue weighted by Gasteiger charge is 2.20. The molecule has 2 aromatic rings. The number of hydrogen-bond acceptors (Lipinski definition) is 4. The zero-order valence-electron chi connectivity index (χ0n) is 12.6. The quantitative estimate of drug-likeness (QED) is 0.772. The zero-order chi connectivity index (χ0) is 15.2. The van der Waals surface area contributed by atoms with Crippen molar-refractivity contribution in [2.24, 2.45) is 0 Å². The first-order valence-electron chi connectivity index (χ1n) is 7.90. The Bertz CT molecular complexity index is 583. The zero-order valence-corrected chi connectivity index (χ0v) is 13.4. The molecule has 5 nitrogen and oxygen atoms in total. The molecule has 118 valence electrons. The van der Waals surface area contributed by atoms with Crippen LogP contribution in [0.4, 0.5) is 0 Å². The van der Waals surface area contributed by atoms with Crippen molar-refractivity contribution >= 4 is 17.2 Å². The second-order valence-corrected chi connectivity index (χ2v) is 6.90. The van der Waals surface area contributed by atoms with Gasteiger partial charge in [0, 0.05) is 35.1 Å². The summed E-state index contributed by atoms with van der Waals surface area (Å²) in [6.45, 7) is 1.06. The Morgan fingerprint density at radius 1 is 1.32 bits per heavy atom. The Balaban J connectivity index is 1.37. The van der Waals surface area contributed by atoms with Gasteiger partial charge in [-0.1, -0.05) is 6.42 Å². The van der Waals surface area contributed by atoms with Gasteiger partial charge in [-0.25, -0.2) is 10.4 Å². The summed E-state index contributed by atoms with van der Waals surface area (Å²) in [5.41, 5.74) is 5.82. The highest BCUT2D eigenvalue weighted by Crippen LogP contribution is 2.28. The maximum atomic E-state index is 11.2. The topological polar surface area (TPSA) is 59.0 Å². The molecule has 2 aromatic heterocycles. The van der Waals surface area contributed by atoms with Crippen LogP contribution in [0.2, 0.25) is 0 Å². The molecule has 0 aromatic carbocycles. The summed E-state index contributed by atoms with van der Waals surface area (Å²) >= 11 is 1.87. The van der Waals surface area contributed by atoms with Crippen LogP contribution in [0.15, 0.2) is 30.9 Å². The van der Waals surface area contributed by atoms with Crippen molar-refractivity contribution in [1.82, 2.24) is 20.4 Å². The maximum Gasteiger partial charge on any atom is 0.234 e. The summed E-state index contributed by atoms with van der Waals surface area (Å²) < 4.78 is 2.13. The minimum absolute atomic E-state index is 0.0888. The van der Waals surface area contributed by atoms with Crippen molar-refractivity contribution in [3.05, 3.63) is 40.6 Å². The molecular formula is C16H22N4OS. The fourth-order valence-electron chi connectivity index (χ4n) is 2.70. The van der Waals surface area contributed by atoms with E-state index in [4.69, 9.17) is 0 Å². The number of nitrogens with one attached hydrogen (secondary N) is 2. The lowest BCUT2D eigenvalue weighted by atomic mass is 10.1. The number of carbonyl (C=O) groups is 1. The number of nitrogens with zero attached hydrogens (tertiary/aromatic N) is 2. The standard InChI is InChI=1S/C16H22N4OS/c21-16-8-6-14(18-19-16)15-7-5-13(22-15)4-2-1-3-10-20-11-9-17-12-20/h5,7,9,11-12,14,18H,1-4,6,8,10H2,(H,19,21). The molecule has 0 saturated carbocycles. The highest BCUT2D eigenvalue weighted by molar-refractivity contribution is 7.12. The molecule has 1 atom stereocenters. The number of rotatable bonds is 7. The summed E-state index contributed by atoms with van der Waals surface area (Å²) in [5.74, 6) is 0.0888. The molecule has 1 aliphatic rings. The third kappa shape index (κ3) is 4.18. The summed E-state index contributed by atoms with van der Waals surface area (Å²) in [6, 6.07) is 4.70. The van der Waals surface area contributed by atoms with E-state index in [1.165, 1.54) is 29.0 Å². The number of thiophene rings is 1. The van der Waals surface area contributed by atoms with Crippen LogP contribution in [-0.2, 0) is 17.8 Å². The number of aromatic nitrogens is 2. The molecule has 1 saturated heterocycles. The molecule has 0 aliphatic carbocycles. The minimum atomic E-state index is 0.0888. The van der Waals surface area contributed by atoms with E-state index in [0.29, 0.717) is 6.42 Å². The lowest BCUT2D eigenvalue weighted by Crippen LogP contribution is -2.44. The number of aryl methyl sites for hydroxylation is 2. The lowest BCUT2D eigenvalue weighted by molar-refractivity contribution is -0.124. The Labute approximate surface area is 134 Å². The van der Waals surface area contributed by atoms with Crippen LogP contribution in [0.5, 0.6) is 0 Å². The van der Waals surface area contributed by atoms with Gasteiger partial charge < -0.3 is 4.57 Å². The van der Waals surface area contributed by atoms with Gasteiger partial charge in [-0.3, -0.25) is 10.2 Å². The number of hydrazine groups is 1.